The van der Waals surface area contributed by atoms with E-state index < -0.39 is 48.8 Å². The van der Waals surface area contributed by atoms with Gasteiger partial charge in [0.05, 0.1) is 6.54 Å². The third kappa shape index (κ3) is 4.47. The number of carboxylic acid groups (broad SMARTS) is 1. The summed E-state index contributed by atoms with van der Waals surface area (Å²) in [5.74, 6) is -5.91. The van der Waals surface area contributed by atoms with Crippen molar-refractivity contribution in [1.29, 1.82) is 0 Å². The number of nitrogens with zero attached hydrogens (tertiary/aromatic N) is 1. The second kappa shape index (κ2) is 8.94. The third-order valence-corrected chi connectivity index (χ3v) is 7.29. The highest BCUT2D eigenvalue weighted by atomic mass is 19.3. The fourth-order valence-corrected chi connectivity index (χ4v) is 5.65. The Morgan fingerprint density at radius 1 is 1.03 bits per heavy atom. The summed E-state index contributed by atoms with van der Waals surface area (Å²) < 4.78 is 33.1. The molecule has 0 radical (unpaired) electrons. The smallest absolute Gasteiger partial charge is 0.407 e. The van der Waals surface area contributed by atoms with Crippen molar-refractivity contribution in [2.24, 2.45) is 5.92 Å². The molecule has 0 bridgehead atoms. The first kappa shape index (κ1) is 23.3. The molecule has 1 aliphatic heterocycles. The van der Waals surface area contributed by atoms with Gasteiger partial charge in [0.25, 0.3) is 5.92 Å². The molecule has 0 spiro atoms. The summed E-state index contributed by atoms with van der Waals surface area (Å²) in [4.78, 5) is 37.5. The fraction of sp³-hybridized carbons (Fsp3) is 0.423. The van der Waals surface area contributed by atoms with Gasteiger partial charge < -0.3 is 20.1 Å². The lowest BCUT2D eigenvalue weighted by molar-refractivity contribution is -0.149. The summed E-state index contributed by atoms with van der Waals surface area (Å²) in [5, 5.41) is 12.0. The molecule has 2 amide bonds. The zero-order valence-electron chi connectivity index (χ0n) is 19.0. The topological polar surface area (TPSA) is 95.9 Å². The molecule has 0 aromatic heterocycles. The summed E-state index contributed by atoms with van der Waals surface area (Å²) in [6.07, 6.45) is -0.329. The Balaban J connectivity index is 1.17. The molecular weight excluding hydrogens is 458 g/mol. The van der Waals surface area contributed by atoms with E-state index >= 15 is 0 Å². The molecule has 3 atom stereocenters. The number of nitrogens with one attached hydrogen (secondary N) is 1. The Morgan fingerprint density at radius 2 is 1.66 bits per heavy atom. The van der Waals surface area contributed by atoms with Crippen LogP contribution in [0.2, 0.25) is 0 Å². The average molecular weight is 484 g/mol. The van der Waals surface area contributed by atoms with Gasteiger partial charge in [-0.2, -0.15) is 0 Å². The number of carboxylic acids is 1. The Bertz CT molecular complexity index is 1120. The molecule has 2 aromatic rings. The Hall–Kier alpha value is -3.49. The Morgan fingerprint density at radius 3 is 2.29 bits per heavy atom. The van der Waals surface area contributed by atoms with Crippen LogP contribution in [0.25, 0.3) is 11.1 Å². The fourth-order valence-electron chi connectivity index (χ4n) is 5.65. The van der Waals surface area contributed by atoms with Crippen LogP contribution in [-0.4, -0.2) is 59.1 Å². The van der Waals surface area contributed by atoms with E-state index in [-0.39, 0.29) is 25.0 Å². The summed E-state index contributed by atoms with van der Waals surface area (Å²) in [7, 11) is 0. The van der Waals surface area contributed by atoms with E-state index in [0.717, 1.165) is 27.2 Å². The molecule has 9 heteroatoms. The molecule has 2 aromatic carbocycles. The predicted octanol–water partition coefficient (Wildman–Crippen LogP) is 4.01. The molecule has 35 heavy (non-hydrogen) atoms. The molecule has 2 unspecified atom stereocenters. The number of alkyl carbamates (subject to hydrolysis) is 1. The lowest BCUT2D eigenvalue weighted by Crippen LogP contribution is -2.44. The largest absolute Gasteiger partial charge is 0.480 e. The van der Waals surface area contributed by atoms with Crippen LogP contribution in [0.15, 0.2) is 48.5 Å². The van der Waals surface area contributed by atoms with Gasteiger partial charge in [0.1, 0.15) is 12.6 Å². The first-order valence-electron chi connectivity index (χ1n) is 11.8. The lowest BCUT2D eigenvalue weighted by atomic mass is 9.98. The van der Waals surface area contributed by atoms with Crippen molar-refractivity contribution >= 4 is 18.0 Å². The number of likely N-dealkylation sites (tertiary alicyclic amines) is 1. The van der Waals surface area contributed by atoms with Crippen LogP contribution in [0, 0.1) is 5.92 Å². The number of hydrogen-bond acceptors (Lipinski definition) is 4. The highest BCUT2D eigenvalue weighted by molar-refractivity contribution is 5.86. The van der Waals surface area contributed by atoms with Gasteiger partial charge in [-0.05, 0) is 41.5 Å². The zero-order valence-corrected chi connectivity index (χ0v) is 19.0. The van der Waals surface area contributed by atoms with E-state index in [1.807, 2.05) is 36.4 Å². The van der Waals surface area contributed by atoms with Crippen molar-refractivity contribution in [3.63, 3.8) is 0 Å². The average Bonchev–Trinajstić information content (AvgIpc) is 3.51. The van der Waals surface area contributed by atoms with Crippen molar-refractivity contribution < 1.29 is 33.0 Å². The van der Waals surface area contributed by atoms with E-state index in [4.69, 9.17) is 4.74 Å². The maximum atomic E-state index is 13.8. The van der Waals surface area contributed by atoms with E-state index in [9.17, 15) is 28.3 Å². The van der Waals surface area contributed by atoms with Gasteiger partial charge in [-0.15, -0.1) is 0 Å². The van der Waals surface area contributed by atoms with Crippen LogP contribution in [0.1, 0.15) is 42.7 Å². The number of carbonyl (C=O) groups is 3. The number of fused-ring (bicyclic) bond motifs is 3. The SMILES string of the molecule is O=C(NC1CCC(C(=O)N2CC(F)(F)C[C@@H]2C(=O)O)C1)OCC1c2ccccc2-c2ccccc21. The van der Waals surface area contributed by atoms with Crippen molar-refractivity contribution in [1.82, 2.24) is 10.2 Å². The van der Waals surface area contributed by atoms with Crippen LogP contribution in [0.3, 0.4) is 0 Å². The summed E-state index contributed by atoms with van der Waals surface area (Å²) >= 11 is 0. The first-order valence-corrected chi connectivity index (χ1v) is 11.8. The normalized spacial score (nSPS) is 24.6. The molecule has 1 saturated heterocycles. The molecule has 2 aliphatic carbocycles. The minimum atomic E-state index is -3.21. The molecule has 2 N–H and O–H groups in total. The van der Waals surface area contributed by atoms with E-state index in [2.05, 4.69) is 17.4 Å². The van der Waals surface area contributed by atoms with E-state index in [1.54, 1.807) is 0 Å². The van der Waals surface area contributed by atoms with Gasteiger partial charge in [-0.3, -0.25) is 4.79 Å². The van der Waals surface area contributed by atoms with Crippen LogP contribution in [0.4, 0.5) is 13.6 Å². The number of rotatable bonds is 5. The van der Waals surface area contributed by atoms with Gasteiger partial charge in [0.15, 0.2) is 0 Å². The number of hydrogen-bond donors (Lipinski definition) is 2. The van der Waals surface area contributed by atoms with E-state index in [1.165, 1.54) is 0 Å². The maximum absolute atomic E-state index is 13.8. The lowest BCUT2D eigenvalue weighted by Gasteiger charge is -2.24. The molecule has 184 valence electrons. The minimum absolute atomic E-state index is 0.0733. The van der Waals surface area contributed by atoms with Crippen molar-refractivity contribution in [3.8, 4) is 11.1 Å². The third-order valence-electron chi connectivity index (χ3n) is 7.29. The maximum Gasteiger partial charge on any atom is 0.407 e. The molecule has 3 aliphatic rings. The second-order valence-electron chi connectivity index (χ2n) is 9.56. The van der Waals surface area contributed by atoms with Crippen LogP contribution >= 0.6 is 0 Å². The highest BCUT2D eigenvalue weighted by Crippen LogP contribution is 2.44. The minimum Gasteiger partial charge on any atom is -0.480 e. The summed E-state index contributed by atoms with van der Waals surface area (Å²) in [6.45, 7) is -0.720. The van der Waals surface area contributed by atoms with Crippen LogP contribution in [-0.2, 0) is 14.3 Å². The van der Waals surface area contributed by atoms with Gasteiger partial charge in [0.2, 0.25) is 5.91 Å². The Labute approximate surface area is 201 Å². The van der Waals surface area contributed by atoms with Gasteiger partial charge in [-0.1, -0.05) is 48.5 Å². The molecule has 1 saturated carbocycles. The van der Waals surface area contributed by atoms with Gasteiger partial charge in [-0.25, -0.2) is 18.4 Å². The number of aliphatic carboxylic acids is 1. The van der Waals surface area contributed by atoms with Crippen LogP contribution < -0.4 is 5.32 Å². The number of alkyl halides is 2. The number of benzene rings is 2. The molecule has 1 heterocycles. The molecular formula is C26H26F2N2O5. The number of ether oxygens (including phenoxy) is 1. The standard InChI is InChI=1S/C26H26F2N2O5/c27-26(28)12-22(24(32)33)30(14-26)23(31)15-9-10-16(11-15)29-25(34)35-13-21-19-7-3-1-5-17(19)18-6-2-4-8-20(18)21/h1-8,15-16,21-22H,9-14H2,(H,29,34)(H,32,33)/t15?,16?,22-/m1/s1. The molecule has 2 fully saturated rings. The quantitative estimate of drug-likeness (QED) is 0.669. The molecule has 7 nitrogen and oxygen atoms in total. The van der Waals surface area contributed by atoms with Crippen molar-refractivity contribution in [2.45, 2.75) is 49.6 Å². The van der Waals surface area contributed by atoms with E-state index in [0.29, 0.717) is 12.8 Å². The van der Waals surface area contributed by atoms with Gasteiger partial charge >= 0.3 is 12.1 Å². The monoisotopic (exact) mass is 484 g/mol. The first-order chi connectivity index (χ1) is 16.7. The second-order valence-corrected chi connectivity index (χ2v) is 9.56. The number of halogens is 2. The van der Waals surface area contributed by atoms with Gasteiger partial charge in [0, 0.05) is 24.3 Å². The summed E-state index contributed by atoms with van der Waals surface area (Å²) in [6, 6.07) is 14.2. The summed E-state index contributed by atoms with van der Waals surface area (Å²) in [5.41, 5.74) is 4.45. The zero-order chi connectivity index (χ0) is 24.7. The molecule has 5 rings (SSSR count). The Kier molecular flexibility index (Phi) is 5.94. The predicted molar refractivity (Wildman–Crippen MR) is 122 cm³/mol. The number of amides is 2. The van der Waals surface area contributed by atoms with Crippen molar-refractivity contribution in [3.05, 3.63) is 59.7 Å². The van der Waals surface area contributed by atoms with Crippen LogP contribution in [0.5, 0.6) is 0 Å². The number of carbonyl (C=O) groups excluding carboxylic acids is 2. The highest BCUT2D eigenvalue weighted by Gasteiger charge is 2.51. The van der Waals surface area contributed by atoms with Crippen molar-refractivity contribution in [2.75, 3.05) is 13.2 Å².